The van der Waals surface area contributed by atoms with Gasteiger partial charge in [0.1, 0.15) is 5.69 Å². The topological polar surface area (TPSA) is 58.6 Å². The summed E-state index contributed by atoms with van der Waals surface area (Å²) in [7, 11) is 0. The molecule has 0 spiro atoms. The number of anilines is 1. The lowest BCUT2D eigenvalue weighted by Crippen LogP contribution is -2.38. The van der Waals surface area contributed by atoms with E-state index in [-0.39, 0.29) is 5.91 Å². The second kappa shape index (κ2) is 5.75. The van der Waals surface area contributed by atoms with Gasteiger partial charge < -0.3 is 14.5 Å². The van der Waals surface area contributed by atoms with E-state index in [0.717, 1.165) is 44.7 Å². The fraction of sp³-hybridized carbons (Fsp3) is 0.643. The smallest absolute Gasteiger partial charge is 0.272 e. The molecule has 3 heterocycles. The Morgan fingerprint density at radius 1 is 1.15 bits per heavy atom. The number of carbonyl (C=O) groups is 1. The first-order chi connectivity index (χ1) is 9.74. The second-order valence-corrected chi connectivity index (χ2v) is 5.29. The molecule has 0 bridgehead atoms. The van der Waals surface area contributed by atoms with Crippen molar-refractivity contribution in [3.63, 3.8) is 0 Å². The van der Waals surface area contributed by atoms with E-state index in [1.54, 1.807) is 6.07 Å². The Balaban J connectivity index is 1.83. The molecule has 3 rings (SSSR count). The summed E-state index contributed by atoms with van der Waals surface area (Å²) in [5, 5.41) is 0. The highest BCUT2D eigenvalue weighted by atomic mass is 16.5. The molecule has 2 aliphatic heterocycles. The fourth-order valence-corrected chi connectivity index (χ4v) is 2.65. The van der Waals surface area contributed by atoms with Crippen LogP contribution in [0.5, 0.6) is 0 Å². The predicted octanol–water partition coefficient (Wildman–Crippen LogP) is 0.858. The van der Waals surface area contributed by atoms with Gasteiger partial charge in [0, 0.05) is 31.9 Å². The average Bonchev–Trinajstić information content (AvgIpc) is 3.01. The standard InChI is InChI=1S/C14H20N4O2/c1-11-10-12(13(19)17-4-2-3-5-17)16-14(15-11)18-6-8-20-9-7-18/h10H,2-9H2,1H3. The molecule has 0 radical (unpaired) electrons. The zero-order chi connectivity index (χ0) is 13.9. The van der Waals surface area contributed by atoms with Gasteiger partial charge in [-0.3, -0.25) is 4.79 Å². The number of rotatable bonds is 2. The van der Waals surface area contributed by atoms with Crippen LogP contribution in [0, 0.1) is 6.92 Å². The molecule has 2 fully saturated rings. The van der Waals surface area contributed by atoms with Crippen molar-refractivity contribution in [1.29, 1.82) is 0 Å². The van der Waals surface area contributed by atoms with E-state index in [1.807, 2.05) is 11.8 Å². The first-order valence-electron chi connectivity index (χ1n) is 7.22. The second-order valence-electron chi connectivity index (χ2n) is 5.29. The summed E-state index contributed by atoms with van der Waals surface area (Å²) in [4.78, 5) is 25.3. The van der Waals surface area contributed by atoms with Gasteiger partial charge in [-0.1, -0.05) is 0 Å². The largest absolute Gasteiger partial charge is 0.378 e. The van der Waals surface area contributed by atoms with Crippen LogP contribution in [0.1, 0.15) is 29.0 Å². The van der Waals surface area contributed by atoms with Crippen molar-refractivity contribution in [3.05, 3.63) is 17.5 Å². The van der Waals surface area contributed by atoms with Gasteiger partial charge >= 0.3 is 0 Å². The highest BCUT2D eigenvalue weighted by Gasteiger charge is 2.23. The SMILES string of the molecule is Cc1cc(C(=O)N2CCCC2)nc(N2CCOCC2)n1. The monoisotopic (exact) mass is 276 g/mol. The minimum atomic E-state index is 0.0301. The first-order valence-corrected chi connectivity index (χ1v) is 7.22. The number of carbonyl (C=O) groups excluding carboxylic acids is 1. The zero-order valence-electron chi connectivity index (χ0n) is 11.8. The van der Waals surface area contributed by atoms with Crippen LogP contribution in [0.3, 0.4) is 0 Å². The van der Waals surface area contributed by atoms with Gasteiger partial charge in [-0.15, -0.1) is 0 Å². The van der Waals surface area contributed by atoms with Crippen molar-refractivity contribution in [2.45, 2.75) is 19.8 Å². The van der Waals surface area contributed by atoms with Crippen LogP contribution in [0.2, 0.25) is 0 Å². The Morgan fingerprint density at radius 3 is 2.55 bits per heavy atom. The van der Waals surface area contributed by atoms with Gasteiger partial charge in [0.15, 0.2) is 0 Å². The summed E-state index contributed by atoms with van der Waals surface area (Å²) >= 11 is 0. The molecular formula is C14H20N4O2. The molecule has 2 aliphatic rings. The maximum Gasteiger partial charge on any atom is 0.272 e. The zero-order valence-corrected chi connectivity index (χ0v) is 11.8. The van der Waals surface area contributed by atoms with Gasteiger partial charge in [0.05, 0.1) is 13.2 Å². The van der Waals surface area contributed by atoms with E-state index in [4.69, 9.17) is 4.74 Å². The highest BCUT2D eigenvalue weighted by molar-refractivity contribution is 5.92. The molecule has 6 nitrogen and oxygen atoms in total. The molecule has 6 heteroatoms. The summed E-state index contributed by atoms with van der Waals surface area (Å²) in [5.41, 5.74) is 1.35. The third kappa shape index (κ3) is 2.75. The van der Waals surface area contributed by atoms with Crippen molar-refractivity contribution < 1.29 is 9.53 Å². The van der Waals surface area contributed by atoms with Gasteiger partial charge in [0.25, 0.3) is 5.91 Å². The molecule has 1 aromatic rings. The number of hydrogen-bond donors (Lipinski definition) is 0. The van der Waals surface area contributed by atoms with Gasteiger partial charge in [-0.2, -0.15) is 0 Å². The van der Waals surface area contributed by atoms with Crippen LogP contribution in [-0.4, -0.2) is 60.2 Å². The quantitative estimate of drug-likeness (QED) is 0.802. The van der Waals surface area contributed by atoms with E-state index in [2.05, 4.69) is 14.9 Å². The van der Waals surface area contributed by atoms with E-state index in [1.165, 1.54) is 0 Å². The fourth-order valence-electron chi connectivity index (χ4n) is 2.65. The lowest BCUT2D eigenvalue weighted by molar-refractivity contribution is 0.0786. The minimum absolute atomic E-state index is 0.0301. The molecule has 20 heavy (non-hydrogen) atoms. The molecule has 0 saturated carbocycles. The number of likely N-dealkylation sites (tertiary alicyclic amines) is 1. The number of amides is 1. The summed E-state index contributed by atoms with van der Waals surface area (Å²) in [6.45, 7) is 6.52. The van der Waals surface area contributed by atoms with Crippen molar-refractivity contribution >= 4 is 11.9 Å². The molecule has 108 valence electrons. The number of ether oxygens (including phenoxy) is 1. The molecular weight excluding hydrogens is 256 g/mol. The Bertz CT molecular complexity index is 494. The number of morpholine rings is 1. The van der Waals surface area contributed by atoms with Crippen molar-refractivity contribution in [2.24, 2.45) is 0 Å². The third-order valence-electron chi connectivity index (χ3n) is 3.75. The van der Waals surface area contributed by atoms with Crippen molar-refractivity contribution in [1.82, 2.24) is 14.9 Å². The molecule has 0 atom stereocenters. The van der Waals surface area contributed by atoms with Crippen LogP contribution < -0.4 is 4.90 Å². The van der Waals surface area contributed by atoms with Crippen LogP contribution in [0.15, 0.2) is 6.07 Å². The lowest BCUT2D eigenvalue weighted by Gasteiger charge is -2.27. The Kier molecular flexibility index (Phi) is 3.82. The Morgan fingerprint density at radius 2 is 1.85 bits per heavy atom. The summed E-state index contributed by atoms with van der Waals surface area (Å²) in [6.07, 6.45) is 2.18. The van der Waals surface area contributed by atoms with Crippen molar-refractivity contribution in [3.8, 4) is 0 Å². The van der Waals surface area contributed by atoms with E-state index >= 15 is 0 Å². The number of aromatic nitrogens is 2. The van der Waals surface area contributed by atoms with Crippen LogP contribution in [0.4, 0.5) is 5.95 Å². The minimum Gasteiger partial charge on any atom is -0.378 e. The highest BCUT2D eigenvalue weighted by Crippen LogP contribution is 2.16. The summed E-state index contributed by atoms with van der Waals surface area (Å²) in [5.74, 6) is 0.679. The van der Waals surface area contributed by atoms with Crippen LogP contribution in [0.25, 0.3) is 0 Å². The van der Waals surface area contributed by atoms with E-state index in [0.29, 0.717) is 24.9 Å². The average molecular weight is 276 g/mol. The Hall–Kier alpha value is -1.69. The summed E-state index contributed by atoms with van der Waals surface area (Å²) < 4.78 is 5.34. The van der Waals surface area contributed by atoms with Gasteiger partial charge in [0.2, 0.25) is 5.95 Å². The Labute approximate surface area is 118 Å². The first kappa shape index (κ1) is 13.3. The number of aryl methyl sites for hydroxylation is 1. The van der Waals surface area contributed by atoms with Gasteiger partial charge in [-0.05, 0) is 25.8 Å². The molecule has 0 aliphatic carbocycles. The normalized spacial score (nSPS) is 19.4. The maximum atomic E-state index is 12.4. The van der Waals surface area contributed by atoms with E-state index < -0.39 is 0 Å². The van der Waals surface area contributed by atoms with Gasteiger partial charge in [-0.25, -0.2) is 9.97 Å². The predicted molar refractivity (Wildman–Crippen MR) is 74.9 cm³/mol. The summed E-state index contributed by atoms with van der Waals surface area (Å²) in [6, 6.07) is 1.78. The molecule has 1 amide bonds. The number of nitrogens with zero attached hydrogens (tertiary/aromatic N) is 4. The molecule has 1 aromatic heterocycles. The third-order valence-corrected chi connectivity index (χ3v) is 3.75. The maximum absolute atomic E-state index is 12.4. The molecule has 2 saturated heterocycles. The van der Waals surface area contributed by atoms with Crippen LogP contribution in [-0.2, 0) is 4.74 Å². The van der Waals surface area contributed by atoms with Crippen molar-refractivity contribution in [2.75, 3.05) is 44.3 Å². The molecule has 0 unspecified atom stereocenters. The lowest BCUT2D eigenvalue weighted by atomic mass is 10.3. The molecule has 0 N–H and O–H groups in total. The number of hydrogen-bond acceptors (Lipinski definition) is 5. The van der Waals surface area contributed by atoms with E-state index in [9.17, 15) is 4.79 Å². The van der Waals surface area contributed by atoms with Crippen LogP contribution >= 0.6 is 0 Å². The molecule has 0 aromatic carbocycles.